The van der Waals surface area contributed by atoms with E-state index in [0.29, 0.717) is 12.1 Å². The van der Waals surface area contributed by atoms with Gasteiger partial charge in [-0.15, -0.1) is 0 Å². The van der Waals surface area contributed by atoms with Gasteiger partial charge in [-0.1, -0.05) is 30.3 Å². The summed E-state index contributed by atoms with van der Waals surface area (Å²) in [4.78, 5) is 14.6. The van der Waals surface area contributed by atoms with Gasteiger partial charge in [0.05, 0.1) is 5.69 Å². The lowest BCUT2D eigenvalue weighted by atomic mass is 10.1. The maximum atomic E-state index is 11.6. The molecule has 0 saturated heterocycles. The maximum Gasteiger partial charge on any atom is 0.179 e. The molecule has 2 heteroatoms. The van der Waals surface area contributed by atoms with Gasteiger partial charge in [0, 0.05) is 12.6 Å². The monoisotopic (exact) mass is 199 g/mol. The van der Waals surface area contributed by atoms with Crippen LogP contribution in [0.3, 0.4) is 0 Å². The first-order valence-electron chi connectivity index (χ1n) is 5.07. The van der Waals surface area contributed by atoms with E-state index in [-0.39, 0.29) is 5.78 Å². The van der Waals surface area contributed by atoms with E-state index in [2.05, 4.69) is 4.98 Å². The van der Waals surface area contributed by atoms with Crippen LogP contribution in [0.5, 0.6) is 0 Å². The molecule has 0 aliphatic rings. The van der Waals surface area contributed by atoms with Crippen molar-refractivity contribution in [3.05, 3.63) is 59.9 Å². The molecule has 15 heavy (non-hydrogen) atoms. The van der Waals surface area contributed by atoms with E-state index in [9.17, 15) is 4.79 Å². The Morgan fingerprint density at radius 2 is 1.87 bits per heavy atom. The van der Waals surface area contributed by atoms with E-state index in [0.717, 1.165) is 6.42 Å². The molecule has 0 aliphatic carbocycles. The highest BCUT2D eigenvalue weighted by Crippen LogP contribution is 2.06. The molecule has 0 amide bonds. The van der Waals surface area contributed by atoms with Crippen LogP contribution in [0, 0.1) is 0 Å². The van der Waals surface area contributed by atoms with Crippen LogP contribution >= 0.6 is 0 Å². The summed E-state index contributed by atoms with van der Waals surface area (Å²) in [6.45, 7) is 0. The van der Waals surface area contributed by atoms with Gasteiger partial charge in [0.2, 0.25) is 0 Å². The number of aromatic amines is 1. The minimum Gasteiger partial charge on any atom is -0.359 e. The molecule has 0 atom stereocenters. The van der Waals surface area contributed by atoms with Crippen LogP contribution in [0.25, 0.3) is 0 Å². The SMILES string of the molecule is O=C(CCc1ccccc1)c1ccc[nH]1. The average molecular weight is 199 g/mol. The van der Waals surface area contributed by atoms with Crippen LogP contribution in [0.2, 0.25) is 0 Å². The van der Waals surface area contributed by atoms with Gasteiger partial charge in [-0.3, -0.25) is 4.79 Å². The van der Waals surface area contributed by atoms with E-state index in [1.54, 1.807) is 6.20 Å². The first-order valence-corrected chi connectivity index (χ1v) is 5.07. The second-order valence-electron chi connectivity index (χ2n) is 3.49. The van der Waals surface area contributed by atoms with Gasteiger partial charge < -0.3 is 4.98 Å². The van der Waals surface area contributed by atoms with Crippen LogP contribution in [0.15, 0.2) is 48.7 Å². The molecule has 0 fully saturated rings. The molecule has 1 aromatic carbocycles. The van der Waals surface area contributed by atoms with Crippen molar-refractivity contribution in [2.24, 2.45) is 0 Å². The molecule has 0 unspecified atom stereocenters. The molecule has 76 valence electrons. The maximum absolute atomic E-state index is 11.6. The molecule has 0 saturated carbocycles. The van der Waals surface area contributed by atoms with Crippen molar-refractivity contribution in [1.29, 1.82) is 0 Å². The van der Waals surface area contributed by atoms with E-state index in [1.165, 1.54) is 5.56 Å². The average Bonchev–Trinajstić information content (AvgIpc) is 2.81. The van der Waals surface area contributed by atoms with Gasteiger partial charge in [0.25, 0.3) is 0 Å². The third-order valence-corrected chi connectivity index (χ3v) is 2.38. The summed E-state index contributed by atoms with van der Waals surface area (Å²) in [6, 6.07) is 13.7. The lowest BCUT2D eigenvalue weighted by molar-refractivity contribution is 0.0978. The fourth-order valence-electron chi connectivity index (χ4n) is 1.54. The zero-order valence-corrected chi connectivity index (χ0v) is 8.44. The standard InChI is InChI=1S/C13H13NO/c15-13(12-7-4-10-14-12)9-8-11-5-2-1-3-6-11/h1-7,10,14H,8-9H2. The Morgan fingerprint density at radius 3 is 2.53 bits per heavy atom. The van der Waals surface area contributed by atoms with E-state index in [1.807, 2.05) is 42.5 Å². The predicted molar refractivity (Wildman–Crippen MR) is 59.9 cm³/mol. The van der Waals surface area contributed by atoms with Crippen molar-refractivity contribution in [3.63, 3.8) is 0 Å². The second kappa shape index (κ2) is 4.60. The number of carbonyl (C=O) groups is 1. The Labute approximate surface area is 89.0 Å². The molecular formula is C13H13NO. The zero-order valence-electron chi connectivity index (χ0n) is 8.44. The number of aromatic nitrogens is 1. The van der Waals surface area contributed by atoms with Crippen molar-refractivity contribution in [2.45, 2.75) is 12.8 Å². The minimum absolute atomic E-state index is 0.170. The molecular weight excluding hydrogens is 186 g/mol. The molecule has 1 N–H and O–H groups in total. The lowest BCUT2D eigenvalue weighted by Gasteiger charge is -1.99. The highest BCUT2D eigenvalue weighted by atomic mass is 16.1. The highest BCUT2D eigenvalue weighted by Gasteiger charge is 2.05. The number of nitrogens with one attached hydrogen (secondary N) is 1. The Hall–Kier alpha value is -1.83. The third kappa shape index (κ3) is 2.56. The van der Waals surface area contributed by atoms with Crippen LogP contribution < -0.4 is 0 Å². The van der Waals surface area contributed by atoms with Crippen molar-refractivity contribution in [3.8, 4) is 0 Å². The predicted octanol–water partition coefficient (Wildman–Crippen LogP) is 2.83. The lowest BCUT2D eigenvalue weighted by Crippen LogP contribution is -2.01. The Kier molecular flexibility index (Phi) is 2.98. The molecule has 0 spiro atoms. The van der Waals surface area contributed by atoms with Gasteiger partial charge >= 0.3 is 0 Å². The number of aryl methyl sites for hydroxylation is 1. The summed E-state index contributed by atoms with van der Waals surface area (Å²) in [6.07, 6.45) is 3.14. The van der Waals surface area contributed by atoms with Gasteiger partial charge in [0.15, 0.2) is 5.78 Å². The van der Waals surface area contributed by atoms with Gasteiger partial charge in [0.1, 0.15) is 0 Å². The normalized spacial score (nSPS) is 10.1. The number of ketones is 1. The highest BCUT2D eigenvalue weighted by molar-refractivity contribution is 5.94. The number of H-pyrrole nitrogens is 1. The Morgan fingerprint density at radius 1 is 1.07 bits per heavy atom. The summed E-state index contributed by atoms with van der Waals surface area (Å²) in [5.74, 6) is 0.170. The first-order chi connectivity index (χ1) is 7.36. The van der Waals surface area contributed by atoms with E-state index < -0.39 is 0 Å². The number of Topliss-reactive ketones (excluding diaryl/α,β-unsaturated/α-hetero) is 1. The molecule has 0 bridgehead atoms. The molecule has 2 rings (SSSR count). The molecule has 1 aromatic heterocycles. The number of carbonyl (C=O) groups excluding carboxylic acids is 1. The van der Waals surface area contributed by atoms with Crippen molar-refractivity contribution < 1.29 is 4.79 Å². The summed E-state index contributed by atoms with van der Waals surface area (Å²) in [5, 5.41) is 0. The van der Waals surface area contributed by atoms with E-state index in [4.69, 9.17) is 0 Å². The largest absolute Gasteiger partial charge is 0.359 e. The number of benzene rings is 1. The van der Waals surface area contributed by atoms with Gasteiger partial charge in [-0.25, -0.2) is 0 Å². The van der Waals surface area contributed by atoms with Crippen molar-refractivity contribution >= 4 is 5.78 Å². The van der Waals surface area contributed by atoms with Crippen molar-refractivity contribution in [2.75, 3.05) is 0 Å². The van der Waals surface area contributed by atoms with Gasteiger partial charge in [-0.05, 0) is 24.1 Å². The zero-order chi connectivity index (χ0) is 10.5. The summed E-state index contributed by atoms with van der Waals surface area (Å²) in [5.41, 5.74) is 1.91. The van der Waals surface area contributed by atoms with Crippen LogP contribution in [0.4, 0.5) is 0 Å². The molecule has 1 heterocycles. The number of rotatable bonds is 4. The van der Waals surface area contributed by atoms with Crippen LogP contribution in [-0.4, -0.2) is 10.8 Å². The van der Waals surface area contributed by atoms with Gasteiger partial charge in [-0.2, -0.15) is 0 Å². The first kappa shape index (κ1) is 9.71. The summed E-state index contributed by atoms with van der Waals surface area (Å²) < 4.78 is 0. The fourth-order valence-corrected chi connectivity index (χ4v) is 1.54. The quantitative estimate of drug-likeness (QED) is 0.754. The Balaban J connectivity index is 1.92. The van der Waals surface area contributed by atoms with Crippen LogP contribution in [0.1, 0.15) is 22.5 Å². The topological polar surface area (TPSA) is 32.9 Å². The molecule has 2 nitrogen and oxygen atoms in total. The minimum atomic E-state index is 0.170. The Bertz CT molecular complexity index is 417. The summed E-state index contributed by atoms with van der Waals surface area (Å²) in [7, 11) is 0. The van der Waals surface area contributed by atoms with Crippen molar-refractivity contribution in [1.82, 2.24) is 4.98 Å². The van der Waals surface area contributed by atoms with E-state index >= 15 is 0 Å². The number of hydrogen-bond donors (Lipinski definition) is 1. The number of hydrogen-bond acceptors (Lipinski definition) is 1. The molecule has 0 aliphatic heterocycles. The smallest absolute Gasteiger partial charge is 0.179 e. The third-order valence-electron chi connectivity index (χ3n) is 2.38. The molecule has 0 radical (unpaired) electrons. The fraction of sp³-hybridized carbons (Fsp3) is 0.154. The second-order valence-corrected chi connectivity index (χ2v) is 3.49. The summed E-state index contributed by atoms with van der Waals surface area (Å²) >= 11 is 0. The van der Waals surface area contributed by atoms with Crippen LogP contribution in [-0.2, 0) is 6.42 Å². The molecule has 2 aromatic rings.